The summed E-state index contributed by atoms with van der Waals surface area (Å²) in [5, 5.41) is 13.3. The van der Waals surface area contributed by atoms with Crippen LogP contribution in [0.25, 0.3) is 0 Å². The largest absolute Gasteiger partial charge is 0.447 e. The van der Waals surface area contributed by atoms with Gasteiger partial charge in [-0.05, 0) is 11.6 Å². The van der Waals surface area contributed by atoms with E-state index in [-0.39, 0.29) is 35.8 Å². The average molecular weight is 279 g/mol. The van der Waals surface area contributed by atoms with Crippen molar-refractivity contribution in [1.29, 1.82) is 0 Å². The molecule has 1 N–H and O–H groups in total. The molecule has 0 saturated carbocycles. The number of nitro groups is 1. The van der Waals surface area contributed by atoms with E-state index >= 15 is 0 Å². The van der Waals surface area contributed by atoms with Crippen LogP contribution in [0.1, 0.15) is 11.6 Å². The van der Waals surface area contributed by atoms with Gasteiger partial charge in [0.1, 0.15) is 11.6 Å². The number of rotatable bonds is 2. The van der Waals surface area contributed by atoms with Crippen LogP contribution in [-0.2, 0) is 4.74 Å². The van der Waals surface area contributed by atoms with E-state index in [4.69, 9.17) is 16.3 Å². The molecule has 17 heavy (non-hydrogen) atoms. The number of carbonyl (C=O) groups excluding carboxylic acids is 1. The number of carbonyl (C=O) groups is 1. The molecule has 2 rings (SSSR count). The molecule has 1 saturated heterocycles. The summed E-state index contributed by atoms with van der Waals surface area (Å²) in [5.74, 6) is 0. The number of amides is 1. The molecule has 1 amide bonds. The van der Waals surface area contributed by atoms with Gasteiger partial charge in [-0.25, -0.2) is 4.79 Å². The Morgan fingerprint density at radius 3 is 2.76 bits per heavy atom. The molecule has 0 radical (unpaired) electrons. The summed E-state index contributed by atoms with van der Waals surface area (Å²) in [6.45, 7) is 0.164. The first-order chi connectivity index (χ1) is 7.58. The molecule has 0 aliphatic carbocycles. The zero-order valence-corrected chi connectivity index (χ0v) is 9.96. The third-order valence-corrected chi connectivity index (χ3v) is 2.56. The minimum Gasteiger partial charge on any atom is -0.447 e. The van der Waals surface area contributed by atoms with Crippen molar-refractivity contribution >= 4 is 35.8 Å². The zero-order valence-electron chi connectivity index (χ0n) is 8.38. The van der Waals surface area contributed by atoms with Crippen LogP contribution < -0.4 is 5.32 Å². The lowest BCUT2D eigenvalue weighted by atomic mass is 10.1. The highest BCUT2D eigenvalue weighted by Crippen LogP contribution is 2.28. The Labute approximate surface area is 107 Å². The van der Waals surface area contributed by atoms with Gasteiger partial charge in [0.2, 0.25) is 0 Å². The second kappa shape index (κ2) is 5.20. The SMILES string of the molecule is Cl.O=C1N[C@H](c2ccc(Cl)c([N+](=O)[O-])c2)CO1. The van der Waals surface area contributed by atoms with E-state index in [0.717, 1.165) is 0 Å². The first-order valence-corrected chi connectivity index (χ1v) is 4.83. The molecular formula is C9H8Cl2N2O4. The van der Waals surface area contributed by atoms with E-state index in [1.54, 1.807) is 6.07 Å². The van der Waals surface area contributed by atoms with Crippen LogP contribution in [0, 0.1) is 10.1 Å². The summed E-state index contributed by atoms with van der Waals surface area (Å²) in [6.07, 6.45) is -0.525. The van der Waals surface area contributed by atoms with Gasteiger partial charge in [-0.1, -0.05) is 17.7 Å². The molecule has 0 aromatic heterocycles. The predicted molar refractivity (Wildman–Crippen MR) is 62.6 cm³/mol. The zero-order chi connectivity index (χ0) is 11.7. The lowest BCUT2D eigenvalue weighted by molar-refractivity contribution is -0.384. The summed E-state index contributed by atoms with van der Waals surface area (Å²) >= 11 is 5.67. The molecule has 1 heterocycles. The number of hydrogen-bond donors (Lipinski definition) is 1. The maximum Gasteiger partial charge on any atom is 0.407 e. The maximum atomic E-state index is 10.8. The second-order valence-electron chi connectivity index (χ2n) is 3.26. The Morgan fingerprint density at radius 1 is 1.53 bits per heavy atom. The minimum absolute atomic E-state index is 0. The van der Waals surface area contributed by atoms with Crippen LogP contribution in [0.4, 0.5) is 10.5 Å². The number of alkyl carbamates (subject to hydrolysis) is 1. The Bertz CT molecular complexity index is 466. The van der Waals surface area contributed by atoms with Crippen molar-refractivity contribution in [3.8, 4) is 0 Å². The Morgan fingerprint density at radius 2 is 2.24 bits per heavy atom. The van der Waals surface area contributed by atoms with Gasteiger partial charge in [-0.15, -0.1) is 12.4 Å². The summed E-state index contributed by atoms with van der Waals surface area (Å²) in [5.41, 5.74) is 0.419. The van der Waals surface area contributed by atoms with Crippen LogP contribution >= 0.6 is 24.0 Å². The van der Waals surface area contributed by atoms with Crippen molar-refractivity contribution in [3.05, 3.63) is 38.9 Å². The van der Waals surface area contributed by atoms with Gasteiger partial charge in [0, 0.05) is 6.07 Å². The fraction of sp³-hybridized carbons (Fsp3) is 0.222. The van der Waals surface area contributed by atoms with Crippen LogP contribution in [0.5, 0.6) is 0 Å². The molecule has 8 heteroatoms. The van der Waals surface area contributed by atoms with E-state index in [9.17, 15) is 14.9 Å². The molecule has 92 valence electrons. The number of halogens is 2. The van der Waals surface area contributed by atoms with Crippen LogP contribution in [0.15, 0.2) is 18.2 Å². The van der Waals surface area contributed by atoms with Crippen LogP contribution in [0.3, 0.4) is 0 Å². The van der Waals surface area contributed by atoms with Crippen LogP contribution in [-0.4, -0.2) is 17.6 Å². The normalized spacial score (nSPS) is 17.9. The lowest BCUT2D eigenvalue weighted by Crippen LogP contribution is -2.18. The number of cyclic esters (lactones) is 1. The highest BCUT2D eigenvalue weighted by atomic mass is 35.5. The predicted octanol–water partition coefficient (Wildman–Crippen LogP) is 2.45. The van der Waals surface area contributed by atoms with Gasteiger partial charge in [0.05, 0.1) is 11.0 Å². The molecule has 1 aliphatic rings. The fourth-order valence-electron chi connectivity index (χ4n) is 1.45. The molecule has 1 atom stereocenters. The lowest BCUT2D eigenvalue weighted by Gasteiger charge is -2.07. The minimum atomic E-state index is -0.566. The van der Waals surface area contributed by atoms with Crippen molar-refractivity contribution in [2.75, 3.05) is 6.61 Å². The monoisotopic (exact) mass is 278 g/mol. The van der Waals surface area contributed by atoms with Gasteiger partial charge >= 0.3 is 6.09 Å². The number of hydrogen-bond acceptors (Lipinski definition) is 4. The van der Waals surface area contributed by atoms with Gasteiger partial charge in [-0.2, -0.15) is 0 Å². The Kier molecular flexibility index (Phi) is 4.14. The third kappa shape index (κ3) is 2.78. The van der Waals surface area contributed by atoms with Crippen molar-refractivity contribution in [2.45, 2.75) is 6.04 Å². The Hall–Kier alpha value is -1.53. The Balaban J connectivity index is 0.00000144. The van der Waals surface area contributed by atoms with Crippen molar-refractivity contribution in [2.24, 2.45) is 0 Å². The second-order valence-corrected chi connectivity index (χ2v) is 3.67. The molecule has 0 bridgehead atoms. The van der Waals surface area contributed by atoms with Gasteiger partial charge < -0.3 is 10.1 Å². The molecule has 1 aromatic carbocycles. The van der Waals surface area contributed by atoms with Crippen molar-refractivity contribution in [3.63, 3.8) is 0 Å². The molecular weight excluding hydrogens is 271 g/mol. The van der Waals surface area contributed by atoms with Gasteiger partial charge in [0.15, 0.2) is 0 Å². The molecule has 6 nitrogen and oxygen atoms in total. The molecule has 1 aromatic rings. The van der Waals surface area contributed by atoms with E-state index in [2.05, 4.69) is 5.32 Å². The quantitative estimate of drug-likeness (QED) is 0.666. The van der Waals surface area contributed by atoms with E-state index in [0.29, 0.717) is 5.56 Å². The number of nitrogens with one attached hydrogen (secondary N) is 1. The number of nitrogens with zero attached hydrogens (tertiary/aromatic N) is 1. The highest BCUT2D eigenvalue weighted by Gasteiger charge is 2.25. The molecule has 0 spiro atoms. The standard InChI is InChI=1S/C9H7ClN2O4.ClH/c10-6-2-1-5(3-8(6)12(14)15)7-4-16-9(13)11-7;/h1-3,7H,4H2,(H,11,13);1H/t7-;/m0./s1. The number of nitro benzene ring substituents is 1. The van der Waals surface area contributed by atoms with Gasteiger partial charge in [0.25, 0.3) is 5.69 Å². The van der Waals surface area contributed by atoms with Crippen LogP contribution in [0.2, 0.25) is 5.02 Å². The van der Waals surface area contributed by atoms with E-state index in [1.807, 2.05) is 0 Å². The summed E-state index contributed by atoms with van der Waals surface area (Å²) in [7, 11) is 0. The highest BCUT2D eigenvalue weighted by molar-refractivity contribution is 6.32. The molecule has 1 fully saturated rings. The topological polar surface area (TPSA) is 81.5 Å². The van der Waals surface area contributed by atoms with Gasteiger partial charge in [-0.3, -0.25) is 10.1 Å². The first-order valence-electron chi connectivity index (χ1n) is 4.45. The van der Waals surface area contributed by atoms with Crippen molar-refractivity contribution < 1.29 is 14.5 Å². The first kappa shape index (κ1) is 13.5. The average Bonchev–Trinajstić information content (AvgIpc) is 2.65. The molecule has 1 aliphatic heterocycles. The number of ether oxygens (including phenoxy) is 1. The summed E-state index contributed by atoms with van der Waals surface area (Å²) in [6, 6.07) is 4.03. The fourth-order valence-corrected chi connectivity index (χ4v) is 1.64. The summed E-state index contributed by atoms with van der Waals surface area (Å²) < 4.78 is 4.70. The number of benzene rings is 1. The smallest absolute Gasteiger partial charge is 0.407 e. The third-order valence-electron chi connectivity index (χ3n) is 2.24. The van der Waals surface area contributed by atoms with Crippen molar-refractivity contribution in [1.82, 2.24) is 5.32 Å². The summed E-state index contributed by atoms with van der Waals surface area (Å²) in [4.78, 5) is 20.9. The molecule has 0 unspecified atom stereocenters. The van der Waals surface area contributed by atoms with E-state index in [1.165, 1.54) is 12.1 Å². The van der Waals surface area contributed by atoms with E-state index < -0.39 is 11.0 Å². The maximum absolute atomic E-state index is 10.8.